The van der Waals surface area contributed by atoms with Crippen LogP contribution >= 0.6 is 12.2 Å². The predicted molar refractivity (Wildman–Crippen MR) is 55.1 cm³/mol. The molecule has 3 N–H and O–H groups in total. The van der Waals surface area contributed by atoms with Crippen molar-refractivity contribution in [2.24, 2.45) is 11.7 Å². The molecule has 0 aromatic rings. The molecule has 0 amide bonds. The van der Waals surface area contributed by atoms with Gasteiger partial charge in [0.15, 0.2) is 0 Å². The molecule has 0 aliphatic rings. The van der Waals surface area contributed by atoms with E-state index in [1.165, 1.54) is 0 Å². The summed E-state index contributed by atoms with van der Waals surface area (Å²) >= 11 is 4.85. The zero-order valence-electron chi connectivity index (χ0n) is 7.79. The molecule has 1 atom stereocenters. The number of hydrogen-bond donors (Lipinski definition) is 2. The molecular formula is C8H18N2OS. The SMILES string of the molecule is CC(CN(C)CCCO)C(N)=S. The highest BCUT2D eigenvalue weighted by Crippen LogP contribution is 1.98. The molecule has 0 spiro atoms. The van der Waals surface area contributed by atoms with Gasteiger partial charge in [-0.3, -0.25) is 0 Å². The molecule has 72 valence electrons. The monoisotopic (exact) mass is 190 g/mol. The third kappa shape index (κ3) is 5.46. The zero-order chi connectivity index (χ0) is 9.56. The summed E-state index contributed by atoms with van der Waals surface area (Å²) in [5.74, 6) is 0.253. The van der Waals surface area contributed by atoms with Gasteiger partial charge in [-0.1, -0.05) is 19.1 Å². The maximum Gasteiger partial charge on any atom is 0.0768 e. The lowest BCUT2D eigenvalue weighted by atomic mass is 10.1. The van der Waals surface area contributed by atoms with Crippen molar-refractivity contribution < 1.29 is 5.11 Å². The minimum absolute atomic E-state index is 0.242. The van der Waals surface area contributed by atoms with Crippen LogP contribution in [0.4, 0.5) is 0 Å². The van der Waals surface area contributed by atoms with Gasteiger partial charge in [0, 0.05) is 25.6 Å². The van der Waals surface area contributed by atoms with Crippen molar-refractivity contribution in [1.82, 2.24) is 4.90 Å². The van der Waals surface area contributed by atoms with Gasteiger partial charge in [0.25, 0.3) is 0 Å². The van der Waals surface area contributed by atoms with Crippen molar-refractivity contribution in [3.8, 4) is 0 Å². The summed E-state index contributed by atoms with van der Waals surface area (Å²) in [5.41, 5.74) is 5.47. The van der Waals surface area contributed by atoms with E-state index in [0.717, 1.165) is 19.5 Å². The smallest absolute Gasteiger partial charge is 0.0768 e. The number of nitrogens with two attached hydrogens (primary N) is 1. The Kier molecular flexibility index (Phi) is 6.24. The van der Waals surface area contributed by atoms with E-state index >= 15 is 0 Å². The third-order valence-corrected chi connectivity index (χ3v) is 2.17. The Hall–Kier alpha value is -0.190. The molecule has 0 bridgehead atoms. The van der Waals surface area contributed by atoms with Gasteiger partial charge in [-0.2, -0.15) is 0 Å². The first-order chi connectivity index (χ1) is 5.57. The second kappa shape index (κ2) is 6.34. The van der Waals surface area contributed by atoms with Crippen molar-refractivity contribution in [2.45, 2.75) is 13.3 Å². The minimum Gasteiger partial charge on any atom is -0.396 e. The summed E-state index contributed by atoms with van der Waals surface area (Å²) in [6.07, 6.45) is 0.806. The van der Waals surface area contributed by atoms with Crippen LogP contribution in [0.2, 0.25) is 0 Å². The fraction of sp³-hybridized carbons (Fsp3) is 0.875. The first-order valence-corrected chi connectivity index (χ1v) is 4.57. The molecule has 3 nitrogen and oxygen atoms in total. The molecule has 4 heteroatoms. The molecule has 12 heavy (non-hydrogen) atoms. The van der Waals surface area contributed by atoms with Crippen LogP contribution in [0.1, 0.15) is 13.3 Å². The Morgan fingerprint density at radius 3 is 2.67 bits per heavy atom. The highest BCUT2D eigenvalue weighted by molar-refractivity contribution is 7.80. The molecule has 0 aliphatic carbocycles. The lowest BCUT2D eigenvalue weighted by molar-refractivity contribution is 0.242. The van der Waals surface area contributed by atoms with Crippen molar-refractivity contribution in [1.29, 1.82) is 0 Å². The Bertz CT molecular complexity index is 141. The molecule has 0 saturated carbocycles. The second-order valence-electron chi connectivity index (χ2n) is 3.14. The molecule has 0 rings (SSSR count). The van der Waals surface area contributed by atoms with Crippen LogP contribution in [0.5, 0.6) is 0 Å². The van der Waals surface area contributed by atoms with Gasteiger partial charge in [-0.05, 0) is 13.5 Å². The zero-order valence-corrected chi connectivity index (χ0v) is 8.60. The predicted octanol–water partition coefficient (Wildman–Crippen LogP) is 0.223. The minimum atomic E-state index is 0.242. The molecule has 0 aromatic heterocycles. The normalized spacial score (nSPS) is 13.3. The Morgan fingerprint density at radius 1 is 1.67 bits per heavy atom. The molecule has 0 heterocycles. The fourth-order valence-corrected chi connectivity index (χ4v) is 1.06. The van der Waals surface area contributed by atoms with Crippen LogP contribution in [0.3, 0.4) is 0 Å². The van der Waals surface area contributed by atoms with Crippen LogP contribution in [0, 0.1) is 5.92 Å². The van der Waals surface area contributed by atoms with E-state index in [1.54, 1.807) is 0 Å². The highest BCUT2D eigenvalue weighted by atomic mass is 32.1. The Balaban J connectivity index is 3.53. The average molecular weight is 190 g/mol. The maximum absolute atomic E-state index is 8.58. The van der Waals surface area contributed by atoms with Gasteiger partial charge in [0.2, 0.25) is 0 Å². The molecule has 0 radical (unpaired) electrons. The quantitative estimate of drug-likeness (QED) is 0.588. The van der Waals surface area contributed by atoms with E-state index in [0.29, 0.717) is 4.99 Å². The number of aliphatic hydroxyl groups excluding tert-OH is 1. The Labute approximate surface area is 79.5 Å². The van der Waals surface area contributed by atoms with E-state index in [4.69, 9.17) is 23.1 Å². The van der Waals surface area contributed by atoms with Crippen LogP contribution < -0.4 is 5.73 Å². The van der Waals surface area contributed by atoms with Crippen molar-refractivity contribution in [3.05, 3.63) is 0 Å². The van der Waals surface area contributed by atoms with Crippen molar-refractivity contribution >= 4 is 17.2 Å². The van der Waals surface area contributed by atoms with Crippen LogP contribution in [0.25, 0.3) is 0 Å². The summed E-state index contributed by atoms with van der Waals surface area (Å²) in [6, 6.07) is 0. The lowest BCUT2D eigenvalue weighted by Gasteiger charge is -2.19. The summed E-state index contributed by atoms with van der Waals surface area (Å²) < 4.78 is 0. The fourth-order valence-electron chi connectivity index (χ4n) is 0.989. The van der Waals surface area contributed by atoms with E-state index in [2.05, 4.69) is 4.90 Å². The van der Waals surface area contributed by atoms with Crippen molar-refractivity contribution in [2.75, 3.05) is 26.7 Å². The van der Waals surface area contributed by atoms with Gasteiger partial charge >= 0.3 is 0 Å². The van der Waals surface area contributed by atoms with Gasteiger partial charge in [-0.15, -0.1) is 0 Å². The topological polar surface area (TPSA) is 49.5 Å². The van der Waals surface area contributed by atoms with E-state index in [-0.39, 0.29) is 12.5 Å². The summed E-state index contributed by atoms with van der Waals surface area (Å²) in [6.45, 7) is 4.02. The standard InChI is InChI=1S/C8H18N2OS/c1-7(8(9)12)6-10(2)4-3-5-11/h7,11H,3-6H2,1-2H3,(H2,9,12). The number of nitrogens with zero attached hydrogens (tertiary/aromatic N) is 1. The largest absolute Gasteiger partial charge is 0.396 e. The molecule has 1 unspecified atom stereocenters. The van der Waals surface area contributed by atoms with Gasteiger partial charge in [-0.25, -0.2) is 0 Å². The number of hydrogen-bond acceptors (Lipinski definition) is 3. The van der Waals surface area contributed by atoms with E-state index in [1.807, 2.05) is 14.0 Å². The maximum atomic E-state index is 8.58. The van der Waals surface area contributed by atoms with Crippen LogP contribution in [0.15, 0.2) is 0 Å². The highest BCUT2D eigenvalue weighted by Gasteiger charge is 2.07. The number of rotatable bonds is 6. The lowest BCUT2D eigenvalue weighted by Crippen LogP contribution is -2.32. The van der Waals surface area contributed by atoms with E-state index < -0.39 is 0 Å². The van der Waals surface area contributed by atoms with Crippen LogP contribution in [-0.2, 0) is 0 Å². The first kappa shape index (κ1) is 11.8. The average Bonchev–Trinajstić information content (AvgIpc) is 2.00. The summed E-state index contributed by atoms with van der Waals surface area (Å²) in [7, 11) is 2.00. The third-order valence-electron chi connectivity index (χ3n) is 1.77. The first-order valence-electron chi connectivity index (χ1n) is 4.16. The Morgan fingerprint density at radius 2 is 2.25 bits per heavy atom. The molecule has 0 aromatic carbocycles. The van der Waals surface area contributed by atoms with Gasteiger partial charge < -0.3 is 15.7 Å². The molecule has 0 aliphatic heterocycles. The van der Waals surface area contributed by atoms with Crippen molar-refractivity contribution in [3.63, 3.8) is 0 Å². The van der Waals surface area contributed by atoms with Crippen LogP contribution in [-0.4, -0.2) is 41.7 Å². The summed E-state index contributed by atoms with van der Waals surface area (Å²) in [4.78, 5) is 2.69. The van der Waals surface area contributed by atoms with Gasteiger partial charge in [0.05, 0.1) is 4.99 Å². The van der Waals surface area contributed by atoms with Gasteiger partial charge in [0.1, 0.15) is 0 Å². The number of aliphatic hydroxyl groups is 1. The molecule has 0 saturated heterocycles. The summed E-state index contributed by atoms with van der Waals surface area (Å²) in [5, 5.41) is 8.58. The van der Waals surface area contributed by atoms with E-state index in [9.17, 15) is 0 Å². The number of thiocarbonyl (C=S) groups is 1. The second-order valence-corrected chi connectivity index (χ2v) is 3.61. The molecule has 0 fully saturated rings. The molecular weight excluding hydrogens is 172 g/mol.